The molecule has 1 amide bonds. The fourth-order valence-electron chi connectivity index (χ4n) is 3.69. The minimum atomic E-state index is -0.144. The Kier molecular flexibility index (Phi) is 5.14. The van der Waals surface area contributed by atoms with Crippen LogP contribution in [-0.4, -0.2) is 42.1 Å². The van der Waals surface area contributed by atoms with Gasteiger partial charge in [0.1, 0.15) is 5.82 Å². The summed E-state index contributed by atoms with van der Waals surface area (Å²) in [5.74, 6) is 1.79. The van der Waals surface area contributed by atoms with Gasteiger partial charge < -0.3 is 20.0 Å². The van der Waals surface area contributed by atoms with Crippen LogP contribution < -0.4 is 15.5 Å². The third kappa shape index (κ3) is 3.93. The molecule has 1 aliphatic carbocycles. The molecule has 0 aliphatic heterocycles. The molecule has 28 heavy (non-hydrogen) atoms. The molecular weight excluding hydrogens is 354 g/mol. The molecule has 1 aromatic carbocycles. The molecule has 4 rings (SSSR count). The zero-order valence-electron chi connectivity index (χ0n) is 16.2. The van der Waals surface area contributed by atoms with E-state index in [-0.39, 0.29) is 11.9 Å². The van der Waals surface area contributed by atoms with Gasteiger partial charge in [-0.15, -0.1) is 0 Å². The van der Waals surface area contributed by atoms with Crippen LogP contribution in [-0.2, 0) is 0 Å². The number of benzene rings is 1. The van der Waals surface area contributed by atoms with Gasteiger partial charge in [-0.3, -0.25) is 4.79 Å². The molecule has 0 atom stereocenters. The molecule has 0 radical (unpaired) electrons. The lowest BCUT2D eigenvalue weighted by molar-refractivity contribution is 0.0898. The predicted molar refractivity (Wildman–Crippen MR) is 110 cm³/mol. The van der Waals surface area contributed by atoms with Crippen LogP contribution in [0.5, 0.6) is 0 Å². The molecular formula is C21H25N5O2. The number of hydrogen-bond donors (Lipinski definition) is 2. The van der Waals surface area contributed by atoms with Crippen molar-refractivity contribution in [2.24, 2.45) is 0 Å². The number of carbonyl (C=O) groups is 1. The molecule has 0 unspecified atom stereocenters. The highest BCUT2D eigenvalue weighted by Gasteiger charge is 2.24. The highest BCUT2D eigenvalue weighted by atomic mass is 16.3. The molecule has 2 heterocycles. The van der Waals surface area contributed by atoms with E-state index in [4.69, 9.17) is 9.40 Å². The highest BCUT2D eigenvalue weighted by molar-refractivity contribution is 5.91. The predicted octanol–water partition coefficient (Wildman–Crippen LogP) is 3.44. The van der Waals surface area contributed by atoms with Crippen molar-refractivity contribution in [3.63, 3.8) is 0 Å². The highest BCUT2D eigenvalue weighted by Crippen LogP contribution is 2.26. The fraction of sp³-hybridized carbons (Fsp3) is 0.381. The van der Waals surface area contributed by atoms with Crippen molar-refractivity contribution in [1.82, 2.24) is 15.3 Å². The number of para-hydroxylation sites is 1. The Morgan fingerprint density at radius 3 is 2.50 bits per heavy atom. The maximum absolute atomic E-state index is 12.1. The maximum Gasteiger partial charge on any atom is 0.287 e. The van der Waals surface area contributed by atoms with Crippen molar-refractivity contribution in [2.45, 2.75) is 37.8 Å². The van der Waals surface area contributed by atoms with E-state index in [1.165, 1.54) is 6.26 Å². The molecule has 0 saturated heterocycles. The molecule has 1 saturated carbocycles. The zero-order valence-corrected chi connectivity index (χ0v) is 16.2. The normalized spacial score (nSPS) is 19.4. The SMILES string of the molecule is CN(C)c1nc(NC2CCC(NC(=O)c3ccco3)CC2)nc2ccccc12. The summed E-state index contributed by atoms with van der Waals surface area (Å²) in [5.41, 5.74) is 0.933. The number of nitrogens with one attached hydrogen (secondary N) is 2. The number of fused-ring (bicyclic) bond motifs is 1. The van der Waals surface area contributed by atoms with Gasteiger partial charge in [0, 0.05) is 31.6 Å². The van der Waals surface area contributed by atoms with Gasteiger partial charge in [-0.1, -0.05) is 12.1 Å². The van der Waals surface area contributed by atoms with E-state index in [0.29, 0.717) is 17.8 Å². The molecule has 2 N–H and O–H groups in total. The van der Waals surface area contributed by atoms with Gasteiger partial charge in [-0.05, 0) is 49.9 Å². The third-order valence-electron chi connectivity index (χ3n) is 5.15. The van der Waals surface area contributed by atoms with Gasteiger partial charge in [0.2, 0.25) is 5.95 Å². The number of amides is 1. The van der Waals surface area contributed by atoms with Gasteiger partial charge in [0.05, 0.1) is 11.8 Å². The zero-order chi connectivity index (χ0) is 19.5. The van der Waals surface area contributed by atoms with Crippen molar-refractivity contribution in [1.29, 1.82) is 0 Å². The summed E-state index contributed by atoms with van der Waals surface area (Å²) in [7, 11) is 3.98. The number of rotatable bonds is 5. The number of nitrogens with zero attached hydrogens (tertiary/aromatic N) is 3. The van der Waals surface area contributed by atoms with Crippen molar-refractivity contribution < 1.29 is 9.21 Å². The van der Waals surface area contributed by atoms with Gasteiger partial charge in [0.15, 0.2) is 5.76 Å². The standard InChI is InChI=1S/C21H25N5O2/c1-26(2)19-16-6-3-4-7-17(16)24-21(25-19)23-15-11-9-14(10-12-15)22-20(27)18-8-5-13-28-18/h3-8,13-15H,9-12H2,1-2H3,(H,22,27)(H,23,24,25). The summed E-state index contributed by atoms with van der Waals surface area (Å²) in [6.45, 7) is 0. The van der Waals surface area contributed by atoms with E-state index >= 15 is 0 Å². The minimum Gasteiger partial charge on any atom is -0.459 e. The van der Waals surface area contributed by atoms with Gasteiger partial charge in [-0.25, -0.2) is 4.98 Å². The second-order valence-corrected chi connectivity index (χ2v) is 7.43. The Morgan fingerprint density at radius 2 is 1.79 bits per heavy atom. The summed E-state index contributed by atoms with van der Waals surface area (Å²) < 4.78 is 5.16. The number of aromatic nitrogens is 2. The van der Waals surface area contributed by atoms with Crippen molar-refractivity contribution in [2.75, 3.05) is 24.3 Å². The maximum atomic E-state index is 12.1. The van der Waals surface area contributed by atoms with Crippen LogP contribution in [0.4, 0.5) is 11.8 Å². The summed E-state index contributed by atoms with van der Waals surface area (Å²) in [5, 5.41) is 7.59. The largest absolute Gasteiger partial charge is 0.459 e. The molecule has 146 valence electrons. The second kappa shape index (κ2) is 7.88. The summed E-state index contributed by atoms with van der Waals surface area (Å²) >= 11 is 0. The van der Waals surface area contributed by atoms with Crippen LogP contribution in [0.15, 0.2) is 47.1 Å². The average Bonchev–Trinajstić information content (AvgIpc) is 3.24. The Labute approximate surface area is 164 Å². The summed E-state index contributed by atoms with van der Waals surface area (Å²) in [4.78, 5) is 23.5. The molecule has 3 aromatic rings. The number of hydrogen-bond acceptors (Lipinski definition) is 6. The minimum absolute atomic E-state index is 0.144. The molecule has 1 fully saturated rings. The average molecular weight is 379 g/mol. The monoisotopic (exact) mass is 379 g/mol. The first kappa shape index (κ1) is 18.3. The van der Waals surface area contributed by atoms with Gasteiger partial charge in [-0.2, -0.15) is 4.98 Å². The Morgan fingerprint density at radius 1 is 1.04 bits per heavy atom. The smallest absolute Gasteiger partial charge is 0.287 e. The Bertz CT molecular complexity index is 947. The third-order valence-corrected chi connectivity index (χ3v) is 5.15. The van der Waals surface area contributed by atoms with E-state index in [2.05, 4.69) is 15.6 Å². The lowest BCUT2D eigenvalue weighted by Gasteiger charge is -2.29. The quantitative estimate of drug-likeness (QED) is 0.707. The van der Waals surface area contributed by atoms with Crippen LogP contribution in [0.3, 0.4) is 0 Å². The van der Waals surface area contributed by atoms with Crippen molar-refractivity contribution in [3.05, 3.63) is 48.4 Å². The number of carbonyl (C=O) groups excluding carboxylic acids is 1. The molecule has 2 aromatic heterocycles. The van der Waals surface area contributed by atoms with Gasteiger partial charge >= 0.3 is 0 Å². The van der Waals surface area contributed by atoms with Crippen molar-refractivity contribution >= 4 is 28.6 Å². The van der Waals surface area contributed by atoms with Gasteiger partial charge in [0.25, 0.3) is 5.91 Å². The summed E-state index contributed by atoms with van der Waals surface area (Å²) in [6, 6.07) is 11.9. The van der Waals surface area contributed by atoms with E-state index in [0.717, 1.165) is 42.4 Å². The lowest BCUT2D eigenvalue weighted by Crippen LogP contribution is -2.40. The summed E-state index contributed by atoms with van der Waals surface area (Å²) in [6.07, 6.45) is 5.25. The first-order valence-corrected chi connectivity index (χ1v) is 9.65. The molecule has 0 bridgehead atoms. The van der Waals surface area contributed by atoms with E-state index in [1.807, 2.05) is 43.3 Å². The van der Waals surface area contributed by atoms with E-state index in [9.17, 15) is 4.79 Å². The first-order chi connectivity index (χ1) is 13.6. The van der Waals surface area contributed by atoms with E-state index in [1.54, 1.807) is 12.1 Å². The van der Waals surface area contributed by atoms with Crippen molar-refractivity contribution in [3.8, 4) is 0 Å². The molecule has 0 spiro atoms. The molecule has 7 heteroatoms. The Balaban J connectivity index is 1.39. The fourth-order valence-corrected chi connectivity index (χ4v) is 3.69. The van der Waals surface area contributed by atoms with Crippen LogP contribution >= 0.6 is 0 Å². The number of furan rings is 1. The van der Waals surface area contributed by atoms with E-state index < -0.39 is 0 Å². The van der Waals surface area contributed by atoms with Crippen LogP contribution in [0.2, 0.25) is 0 Å². The lowest BCUT2D eigenvalue weighted by atomic mass is 9.91. The van der Waals surface area contributed by atoms with Crippen LogP contribution in [0.25, 0.3) is 10.9 Å². The van der Waals surface area contributed by atoms with Crippen LogP contribution in [0.1, 0.15) is 36.2 Å². The Hall–Kier alpha value is -3.09. The molecule has 7 nitrogen and oxygen atoms in total. The second-order valence-electron chi connectivity index (χ2n) is 7.43. The topological polar surface area (TPSA) is 83.3 Å². The molecule has 1 aliphatic rings. The first-order valence-electron chi connectivity index (χ1n) is 9.65. The number of anilines is 2. The van der Waals surface area contributed by atoms with Crippen LogP contribution in [0, 0.1) is 0 Å².